The molecule has 3 heterocycles. The molecule has 2 atom stereocenters. The maximum absolute atomic E-state index is 12.8. The molecule has 2 aromatic rings. The largest absolute Gasteiger partial charge is 0.474 e. The Morgan fingerprint density at radius 2 is 2.19 bits per heavy atom. The van der Waals surface area contributed by atoms with Crippen molar-refractivity contribution in [2.24, 2.45) is 5.92 Å². The van der Waals surface area contributed by atoms with Crippen molar-refractivity contribution in [1.82, 2.24) is 19.9 Å². The second-order valence-corrected chi connectivity index (χ2v) is 7.66. The molecule has 0 N–H and O–H groups in total. The molecule has 0 saturated heterocycles. The smallest absolute Gasteiger partial charge is 0.223 e. The van der Waals surface area contributed by atoms with Gasteiger partial charge in [0.2, 0.25) is 11.8 Å². The van der Waals surface area contributed by atoms with E-state index < -0.39 is 0 Å². The number of rotatable bonds is 5. The monoisotopic (exact) mass is 350 g/mol. The fraction of sp³-hybridized carbons (Fsp3) is 0.500. The first-order valence-corrected chi connectivity index (χ1v) is 9.38. The second kappa shape index (κ2) is 6.04. The first-order valence-electron chi connectivity index (χ1n) is 9.38. The van der Waals surface area contributed by atoms with Crippen LogP contribution in [0.25, 0.3) is 0 Å². The molecule has 5 rings (SSSR count). The summed E-state index contributed by atoms with van der Waals surface area (Å²) in [7, 11) is 0. The fourth-order valence-electron chi connectivity index (χ4n) is 3.79. The summed E-state index contributed by atoms with van der Waals surface area (Å²) < 4.78 is 5.95. The van der Waals surface area contributed by atoms with E-state index in [0.29, 0.717) is 49.2 Å². The van der Waals surface area contributed by atoms with Gasteiger partial charge in [0, 0.05) is 18.8 Å². The van der Waals surface area contributed by atoms with Crippen molar-refractivity contribution >= 4 is 5.91 Å². The predicted molar refractivity (Wildman–Crippen MR) is 94.4 cm³/mol. The van der Waals surface area contributed by atoms with Gasteiger partial charge in [-0.1, -0.05) is 6.07 Å². The van der Waals surface area contributed by atoms with Gasteiger partial charge in [-0.25, -0.2) is 4.98 Å². The van der Waals surface area contributed by atoms with Gasteiger partial charge in [0.25, 0.3) is 0 Å². The van der Waals surface area contributed by atoms with Crippen molar-refractivity contribution in [3.63, 3.8) is 0 Å². The van der Waals surface area contributed by atoms with Crippen molar-refractivity contribution in [2.45, 2.75) is 57.7 Å². The normalized spacial score (nSPS) is 23.7. The third-order valence-corrected chi connectivity index (χ3v) is 5.48. The average Bonchev–Trinajstić information content (AvgIpc) is 3.55. The second-order valence-electron chi connectivity index (χ2n) is 7.66. The third kappa shape index (κ3) is 3.04. The molecule has 2 aliphatic carbocycles. The van der Waals surface area contributed by atoms with Crippen molar-refractivity contribution in [3.8, 4) is 5.88 Å². The first kappa shape index (κ1) is 15.7. The lowest BCUT2D eigenvalue weighted by molar-refractivity contribution is -0.132. The van der Waals surface area contributed by atoms with E-state index in [-0.39, 0.29) is 5.91 Å². The van der Waals surface area contributed by atoms with Crippen LogP contribution in [0.1, 0.15) is 54.2 Å². The van der Waals surface area contributed by atoms with E-state index in [0.717, 1.165) is 30.5 Å². The topological polar surface area (TPSA) is 68.2 Å². The molecule has 3 aliphatic rings. The lowest BCUT2D eigenvalue weighted by Gasteiger charge is -2.15. The van der Waals surface area contributed by atoms with E-state index in [1.807, 2.05) is 24.1 Å². The number of nitrogens with zero attached hydrogens (tertiary/aromatic N) is 4. The van der Waals surface area contributed by atoms with Crippen LogP contribution >= 0.6 is 0 Å². The summed E-state index contributed by atoms with van der Waals surface area (Å²) in [4.78, 5) is 27.9. The standard InChI is InChI=1S/C20H22N4O2/c1-12-22-18-11-24(10-17(18)20(23-12)26-15-4-5-15)19(25)8-14-7-16(14)13-3-2-6-21-9-13/h2-3,6,9,14-16H,4-5,7-8,10-11H2,1H3/t14-,16-/m0/s1. The Kier molecular flexibility index (Phi) is 3.65. The highest BCUT2D eigenvalue weighted by Gasteiger charge is 2.41. The Morgan fingerprint density at radius 3 is 2.96 bits per heavy atom. The molecular formula is C20H22N4O2. The van der Waals surface area contributed by atoms with E-state index in [2.05, 4.69) is 21.0 Å². The SMILES string of the molecule is Cc1nc2c(c(OC3CC3)n1)CN(C(=O)C[C@@H]1C[C@H]1c1cccnc1)C2. The Bertz CT molecular complexity index is 850. The van der Waals surface area contributed by atoms with Crippen LogP contribution < -0.4 is 4.74 Å². The summed E-state index contributed by atoms with van der Waals surface area (Å²) in [6.45, 7) is 3.02. The van der Waals surface area contributed by atoms with Gasteiger partial charge >= 0.3 is 0 Å². The molecule has 6 nitrogen and oxygen atoms in total. The molecular weight excluding hydrogens is 328 g/mol. The Morgan fingerprint density at radius 1 is 1.31 bits per heavy atom. The molecule has 26 heavy (non-hydrogen) atoms. The molecule has 1 amide bonds. The van der Waals surface area contributed by atoms with E-state index in [1.54, 1.807) is 6.20 Å². The van der Waals surface area contributed by atoms with E-state index in [4.69, 9.17) is 4.74 Å². The number of hydrogen-bond acceptors (Lipinski definition) is 5. The van der Waals surface area contributed by atoms with Gasteiger partial charge in [0.15, 0.2) is 0 Å². The minimum absolute atomic E-state index is 0.203. The summed E-state index contributed by atoms with van der Waals surface area (Å²) in [5, 5.41) is 0. The number of carbonyl (C=O) groups excluding carboxylic acids is 1. The van der Waals surface area contributed by atoms with Gasteiger partial charge in [-0.2, -0.15) is 4.98 Å². The number of pyridine rings is 1. The summed E-state index contributed by atoms with van der Waals surface area (Å²) in [5.41, 5.74) is 3.19. The zero-order valence-electron chi connectivity index (χ0n) is 14.9. The lowest BCUT2D eigenvalue weighted by Crippen LogP contribution is -2.25. The molecule has 134 valence electrons. The molecule has 0 bridgehead atoms. The molecule has 0 unspecified atom stereocenters. The number of fused-ring (bicyclic) bond motifs is 1. The van der Waals surface area contributed by atoms with Crippen molar-refractivity contribution in [2.75, 3.05) is 0 Å². The van der Waals surface area contributed by atoms with Gasteiger partial charge in [-0.3, -0.25) is 9.78 Å². The van der Waals surface area contributed by atoms with E-state index in [9.17, 15) is 4.79 Å². The van der Waals surface area contributed by atoms with Gasteiger partial charge in [-0.15, -0.1) is 0 Å². The summed E-state index contributed by atoms with van der Waals surface area (Å²) in [6.07, 6.45) is 7.87. The van der Waals surface area contributed by atoms with Crippen LogP contribution in [0.4, 0.5) is 0 Å². The number of ether oxygens (including phenoxy) is 1. The zero-order chi connectivity index (χ0) is 17.7. The molecule has 1 aliphatic heterocycles. The maximum Gasteiger partial charge on any atom is 0.223 e. The number of aryl methyl sites for hydroxylation is 1. The minimum Gasteiger partial charge on any atom is -0.474 e. The van der Waals surface area contributed by atoms with E-state index in [1.165, 1.54) is 5.56 Å². The molecule has 2 aromatic heterocycles. The summed E-state index contributed by atoms with van der Waals surface area (Å²) in [5.74, 6) is 2.52. The van der Waals surface area contributed by atoms with Gasteiger partial charge in [0.1, 0.15) is 11.9 Å². The van der Waals surface area contributed by atoms with Gasteiger partial charge in [-0.05, 0) is 49.7 Å². The predicted octanol–water partition coefficient (Wildman–Crippen LogP) is 2.76. The highest BCUT2D eigenvalue weighted by atomic mass is 16.5. The molecule has 6 heteroatoms. The van der Waals surface area contributed by atoms with Crippen LogP contribution in [-0.4, -0.2) is 31.9 Å². The number of aromatic nitrogens is 3. The minimum atomic E-state index is 0.203. The fourth-order valence-corrected chi connectivity index (χ4v) is 3.79. The first-order chi connectivity index (χ1) is 12.7. The van der Waals surface area contributed by atoms with Crippen molar-refractivity contribution in [1.29, 1.82) is 0 Å². The van der Waals surface area contributed by atoms with Gasteiger partial charge in [0.05, 0.1) is 24.3 Å². The van der Waals surface area contributed by atoms with E-state index >= 15 is 0 Å². The van der Waals surface area contributed by atoms with Crippen molar-refractivity contribution in [3.05, 3.63) is 47.2 Å². The summed E-state index contributed by atoms with van der Waals surface area (Å²) in [6, 6.07) is 4.07. The molecule has 2 saturated carbocycles. The maximum atomic E-state index is 12.8. The lowest BCUT2D eigenvalue weighted by atomic mass is 10.1. The number of carbonyl (C=O) groups is 1. The molecule has 0 spiro atoms. The molecule has 2 fully saturated rings. The molecule has 0 aromatic carbocycles. The highest BCUT2D eigenvalue weighted by Crippen LogP contribution is 2.49. The Labute approximate surface area is 152 Å². The highest BCUT2D eigenvalue weighted by molar-refractivity contribution is 5.77. The number of hydrogen-bond donors (Lipinski definition) is 0. The van der Waals surface area contributed by atoms with Crippen LogP contribution in [-0.2, 0) is 17.9 Å². The third-order valence-electron chi connectivity index (χ3n) is 5.48. The van der Waals surface area contributed by atoms with Crippen LogP contribution in [0.15, 0.2) is 24.5 Å². The van der Waals surface area contributed by atoms with Crippen LogP contribution in [0.5, 0.6) is 5.88 Å². The Balaban J connectivity index is 1.25. The van der Waals surface area contributed by atoms with Crippen LogP contribution in [0, 0.1) is 12.8 Å². The van der Waals surface area contributed by atoms with Crippen LogP contribution in [0.3, 0.4) is 0 Å². The van der Waals surface area contributed by atoms with Gasteiger partial charge < -0.3 is 9.64 Å². The Hall–Kier alpha value is -2.50. The average molecular weight is 350 g/mol. The zero-order valence-corrected chi connectivity index (χ0v) is 14.9. The summed E-state index contributed by atoms with van der Waals surface area (Å²) >= 11 is 0. The quantitative estimate of drug-likeness (QED) is 0.829. The molecule has 0 radical (unpaired) electrons. The van der Waals surface area contributed by atoms with Crippen LogP contribution in [0.2, 0.25) is 0 Å². The van der Waals surface area contributed by atoms with Crippen molar-refractivity contribution < 1.29 is 9.53 Å². The number of amides is 1.